The van der Waals surface area contributed by atoms with Gasteiger partial charge in [0.15, 0.2) is 6.61 Å². The summed E-state index contributed by atoms with van der Waals surface area (Å²) in [4.78, 5) is 26.6. The highest BCUT2D eigenvalue weighted by atomic mass is 35.5. The fraction of sp³-hybridized carbons (Fsp3) is 0.263. The average molecular weight is 393 g/mol. The summed E-state index contributed by atoms with van der Waals surface area (Å²) < 4.78 is 5.00. The van der Waals surface area contributed by atoms with Gasteiger partial charge in [0, 0.05) is 41.1 Å². The fourth-order valence-corrected chi connectivity index (χ4v) is 3.00. The van der Waals surface area contributed by atoms with Gasteiger partial charge in [-0.15, -0.1) is 11.8 Å². The molecule has 2 aromatic carbocycles. The summed E-state index contributed by atoms with van der Waals surface area (Å²) in [5, 5.41) is 3.38. The van der Waals surface area contributed by atoms with Crippen molar-refractivity contribution in [2.75, 3.05) is 36.7 Å². The van der Waals surface area contributed by atoms with Gasteiger partial charge in [0.05, 0.1) is 6.42 Å². The third-order valence-corrected chi connectivity index (χ3v) is 4.69. The maximum atomic E-state index is 11.8. The number of nitrogens with zero attached hydrogens (tertiary/aromatic N) is 1. The Hall–Kier alpha value is -2.18. The van der Waals surface area contributed by atoms with Gasteiger partial charge < -0.3 is 15.0 Å². The Kier molecular flexibility index (Phi) is 7.81. The summed E-state index contributed by atoms with van der Waals surface area (Å²) >= 11 is 7.36. The van der Waals surface area contributed by atoms with Crippen LogP contribution in [0, 0.1) is 0 Å². The van der Waals surface area contributed by atoms with E-state index < -0.39 is 5.97 Å². The molecule has 0 aliphatic heterocycles. The number of amides is 1. The number of benzene rings is 2. The molecule has 138 valence electrons. The lowest BCUT2D eigenvalue weighted by atomic mass is 10.2. The second kappa shape index (κ2) is 10.1. The number of halogens is 1. The molecule has 0 heterocycles. The lowest BCUT2D eigenvalue weighted by Gasteiger charge is -2.13. The van der Waals surface area contributed by atoms with Crippen molar-refractivity contribution in [3.05, 3.63) is 53.6 Å². The van der Waals surface area contributed by atoms with Gasteiger partial charge in [-0.1, -0.05) is 11.6 Å². The molecule has 5 nitrogen and oxygen atoms in total. The van der Waals surface area contributed by atoms with Crippen molar-refractivity contribution in [2.45, 2.75) is 11.3 Å². The van der Waals surface area contributed by atoms with Gasteiger partial charge >= 0.3 is 5.97 Å². The first-order valence-corrected chi connectivity index (χ1v) is 9.41. The van der Waals surface area contributed by atoms with E-state index in [2.05, 4.69) is 5.32 Å². The van der Waals surface area contributed by atoms with Crippen LogP contribution in [0.3, 0.4) is 0 Å². The number of carbonyl (C=O) groups is 2. The quantitative estimate of drug-likeness (QED) is 0.542. The van der Waals surface area contributed by atoms with Crippen LogP contribution in [0.5, 0.6) is 0 Å². The smallest absolute Gasteiger partial charge is 0.307 e. The van der Waals surface area contributed by atoms with Crippen LogP contribution in [0.25, 0.3) is 0 Å². The van der Waals surface area contributed by atoms with Crippen LogP contribution >= 0.6 is 23.4 Å². The molecule has 2 rings (SSSR count). The lowest BCUT2D eigenvalue weighted by Crippen LogP contribution is -2.21. The SMILES string of the molecule is CN(C)c1ccc(NC(=O)COC(=O)CCSc2ccc(Cl)cc2)cc1. The second-order valence-electron chi connectivity index (χ2n) is 5.70. The van der Waals surface area contributed by atoms with E-state index >= 15 is 0 Å². The van der Waals surface area contributed by atoms with Crippen LogP contribution in [0.15, 0.2) is 53.4 Å². The Morgan fingerprint density at radius 3 is 2.35 bits per heavy atom. The molecule has 0 radical (unpaired) electrons. The molecular formula is C19H21ClN2O3S. The number of ether oxygens (including phenoxy) is 1. The molecule has 2 aromatic rings. The molecule has 0 bridgehead atoms. The number of hydrogen-bond donors (Lipinski definition) is 1. The van der Waals surface area contributed by atoms with Crippen LogP contribution in [0.1, 0.15) is 6.42 Å². The van der Waals surface area contributed by atoms with Gasteiger partial charge in [0.1, 0.15) is 0 Å². The van der Waals surface area contributed by atoms with Crippen molar-refractivity contribution < 1.29 is 14.3 Å². The van der Waals surface area contributed by atoms with Crippen molar-refractivity contribution in [3.8, 4) is 0 Å². The number of thioether (sulfide) groups is 1. The van der Waals surface area contributed by atoms with E-state index in [4.69, 9.17) is 16.3 Å². The predicted molar refractivity (Wildman–Crippen MR) is 107 cm³/mol. The van der Waals surface area contributed by atoms with E-state index in [1.54, 1.807) is 24.3 Å². The Bertz CT molecular complexity index is 733. The molecule has 0 fully saturated rings. The summed E-state index contributed by atoms with van der Waals surface area (Å²) in [7, 11) is 3.89. The fourth-order valence-electron chi connectivity index (χ4n) is 2.04. The zero-order valence-electron chi connectivity index (χ0n) is 14.7. The van der Waals surface area contributed by atoms with Crippen LogP contribution in [0.2, 0.25) is 5.02 Å². The molecule has 0 aliphatic rings. The number of rotatable bonds is 8. The summed E-state index contributed by atoms with van der Waals surface area (Å²) in [6.07, 6.45) is 0.234. The normalized spacial score (nSPS) is 10.3. The zero-order valence-corrected chi connectivity index (χ0v) is 16.3. The van der Waals surface area contributed by atoms with E-state index in [0.717, 1.165) is 10.6 Å². The first-order valence-electron chi connectivity index (χ1n) is 8.05. The van der Waals surface area contributed by atoms with Crippen molar-refractivity contribution >= 4 is 46.6 Å². The maximum absolute atomic E-state index is 11.8. The first kappa shape index (κ1) is 20.1. The monoisotopic (exact) mass is 392 g/mol. The van der Waals surface area contributed by atoms with E-state index in [9.17, 15) is 9.59 Å². The van der Waals surface area contributed by atoms with Crippen molar-refractivity contribution in [2.24, 2.45) is 0 Å². The third-order valence-electron chi connectivity index (χ3n) is 3.42. The highest BCUT2D eigenvalue weighted by Gasteiger charge is 2.08. The Morgan fingerprint density at radius 1 is 1.08 bits per heavy atom. The molecule has 0 saturated carbocycles. The van der Waals surface area contributed by atoms with Gasteiger partial charge in [-0.3, -0.25) is 9.59 Å². The molecule has 1 amide bonds. The summed E-state index contributed by atoms with van der Waals surface area (Å²) in [5.41, 5.74) is 1.70. The minimum atomic E-state index is -0.399. The Labute approximate surface area is 162 Å². The van der Waals surface area contributed by atoms with Gasteiger partial charge in [-0.25, -0.2) is 0 Å². The molecular weight excluding hydrogens is 372 g/mol. The summed E-state index contributed by atoms with van der Waals surface area (Å²) in [6, 6.07) is 14.8. The molecule has 0 aliphatic carbocycles. The van der Waals surface area contributed by atoms with Crippen LogP contribution in [0.4, 0.5) is 11.4 Å². The van der Waals surface area contributed by atoms with Crippen molar-refractivity contribution in [3.63, 3.8) is 0 Å². The molecule has 0 aromatic heterocycles. The summed E-state index contributed by atoms with van der Waals surface area (Å²) in [6.45, 7) is -0.292. The minimum absolute atomic E-state index is 0.234. The first-order chi connectivity index (χ1) is 12.4. The van der Waals surface area contributed by atoms with Crippen LogP contribution < -0.4 is 10.2 Å². The third kappa shape index (κ3) is 6.98. The minimum Gasteiger partial charge on any atom is -0.456 e. The molecule has 0 saturated heterocycles. The maximum Gasteiger partial charge on any atom is 0.307 e. The van der Waals surface area contributed by atoms with E-state index in [-0.39, 0.29) is 18.9 Å². The van der Waals surface area contributed by atoms with E-state index in [1.165, 1.54) is 11.8 Å². The Morgan fingerprint density at radius 2 is 1.73 bits per heavy atom. The molecule has 1 N–H and O–H groups in total. The molecule has 0 unspecified atom stereocenters. The number of hydrogen-bond acceptors (Lipinski definition) is 5. The van der Waals surface area contributed by atoms with E-state index in [0.29, 0.717) is 16.5 Å². The zero-order chi connectivity index (χ0) is 18.9. The number of esters is 1. The summed E-state index contributed by atoms with van der Waals surface area (Å²) in [5.74, 6) is -0.181. The molecule has 0 atom stereocenters. The molecule has 26 heavy (non-hydrogen) atoms. The van der Waals surface area contributed by atoms with Crippen molar-refractivity contribution in [1.82, 2.24) is 0 Å². The van der Waals surface area contributed by atoms with Gasteiger partial charge in [0.2, 0.25) is 0 Å². The van der Waals surface area contributed by atoms with Gasteiger partial charge in [-0.2, -0.15) is 0 Å². The highest BCUT2D eigenvalue weighted by molar-refractivity contribution is 7.99. The van der Waals surface area contributed by atoms with E-state index in [1.807, 2.05) is 43.3 Å². The largest absolute Gasteiger partial charge is 0.456 e. The molecule has 0 spiro atoms. The van der Waals surface area contributed by atoms with Crippen LogP contribution in [-0.2, 0) is 14.3 Å². The van der Waals surface area contributed by atoms with Gasteiger partial charge in [0.25, 0.3) is 5.91 Å². The average Bonchev–Trinajstić information content (AvgIpc) is 2.62. The second-order valence-corrected chi connectivity index (χ2v) is 7.31. The lowest BCUT2D eigenvalue weighted by molar-refractivity contribution is -0.146. The standard InChI is InChI=1S/C19H21ClN2O3S/c1-22(2)16-7-5-15(6-8-16)21-18(23)13-25-19(24)11-12-26-17-9-3-14(20)4-10-17/h3-10H,11-13H2,1-2H3,(H,21,23). The number of carbonyl (C=O) groups excluding carboxylic acids is 2. The molecule has 7 heteroatoms. The highest BCUT2D eigenvalue weighted by Crippen LogP contribution is 2.21. The number of anilines is 2. The number of nitrogens with one attached hydrogen (secondary N) is 1. The topological polar surface area (TPSA) is 58.6 Å². The van der Waals surface area contributed by atoms with Crippen molar-refractivity contribution in [1.29, 1.82) is 0 Å². The predicted octanol–water partition coefficient (Wildman–Crippen LogP) is 4.07. The van der Waals surface area contributed by atoms with Crippen LogP contribution in [-0.4, -0.2) is 38.3 Å². The van der Waals surface area contributed by atoms with Gasteiger partial charge in [-0.05, 0) is 48.5 Å². The Balaban J connectivity index is 1.66.